The number of carboxylic acid groups (broad SMARTS) is 1. The van der Waals surface area contributed by atoms with Crippen LogP contribution in [0.25, 0.3) is 11.1 Å². The van der Waals surface area contributed by atoms with Gasteiger partial charge in [0.1, 0.15) is 23.9 Å². The van der Waals surface area contributed by atoms with E-state index in [0.717, 1.165) is 22.3 Å². The van der Waals surface area contributed by atoms with Gasteiger partial charge in [-0.3, -0.25) is 5.32 Å². The first-order valence-corrected chi connectivity index (χ1v) is 15.0. The molecule has 0 radical (unpaired) electrons. The van der Waals surface area contributed by atoms with Crippen molar-refractivity contribution < 1.29 is 38.5 Å². The summed E-state index contributed by atoms with van der Waals surface area (Å²) in [4.78, 5) is 56.1. The van der Waals surface area contributed by atoms with E-state index in [4.69, 9.17) is 14.2 Å². The lowest BCUT2D eigenvalue weighted by molar-refractivity contribution is -0.139. The highest BCUT2D eigenvalue weighted by Crippen LogP contribution is 2.44. The lowest BCUT2D eigenvalue weighted by Crippen LogP contribution is -2.51. The number of fused-ring (bicyclic) bond motifs is 3. The number of benzene rings is 2. The lowest BCUT2D eigenvalue weighted by atomic mass is 9.98. The van der Waals surface area contributed by atoms with E-state index in [1.54, 1.807) is 46.4 Å². The fourth-order valence-electron chi connectivity index (χ4n) is 5.57. The highest BCUT2D eigenvalue weighted by atomic mass is 16.6. The minimum atomic E-state index is -1.31. The largest absolute Gasteiger partial charge is 0.480 e. The zero-order valence-electron chi connectivity index (χ0n) is 26.6. The fourth-order valence-corrected chi connectivity index (χ4v) is 5.57. The smallest absolute Gasteiger partial charge is 0.437 e. The van der Waals surface area contributed by atoms with Crippen LogP contribution in [0.15, 0.2) is 53.5 Å². The quantitative estimate of drug-likeness (QED) is 0.211. The van der Waals surface area contributed by atoms with Crippen LogP contribution in [0.1, 0.15) is 77.8 Å². The molecule has 1 unspecified atom stereocenters. The van der Waals surface area contributed by atoms with E-state index >= 15 is 0 Å². The molecule has 2 aromatic rings. The van der Waals surface area contributed by atoms with E-state index in [1.807, 2.05) is 48.5 Å². The van der Waals surface area contributed by atoms with Crippen LogP contribution in [0.5, 0.6) is 0 Å². The molecule has 12 heteroatoms. The number of nitrogens with one attached hydrogen (secondary N) is 2. The van der Waals surface area contributed by atoms with Gasteiger partial charge in [0, 0.05) is 18.5 Å². The van der Waals surface area contributed by atoms with Gasteiger partial charge < -0.3 is 29.5 Å². The van der Waals surface area contributed by atoms with Gasteiger partial charge in [0.25, 0.3) is 0 Å². The van der Waals surface area contributed by atoms with Crippen LogP contribution < -0.4 is 10.6 Å². The zero-order chi connectivity index (χ0) is 32.9. The summed E-state index contributed by atoms with van der Waals surface area (Å²) < 4.78 is 16.2. The predicted molar refractivity (Wildman–Crippen MR) is 167 cm³/mol. The van der Waals surface area contributed by atoms with Gasteiger partial charge in [-0.05, 0) is 83.1 Å². The van der Waals surface area contributed by atoms with Crippen LogP contribution in [-0.4, -0.2) is 76.7 Å². The molecule has 0 bridgehead atoms. The van der Waals surface area contributed by atoms with Crippen LogP contribution in [0.2, 0.25) is 0 Å². The number of nitrogens with zero attached hydrogens (tertiary/aromatic N) is 2. The number of alkyl carbamates (subject to hydrolysis) is 2. The Morgan fingerprint density at radius 3 is 2.04 bits per heavy atom. The Hall–Kier alpha value is -4.61. The number of carbonyl (C=O) groups is 4. The molecule has 3 N–H and O–H groups in total. The van der Waals surface area contributed by atoms with Crippen molar-refractivity contribution in [1.82, 2.24) is 15.5 Å². The molecule has 3 amide bonds. The van der Waals surface area contributed by atoms with E-state index in [2.05, 4.69) is 15.6 Å². The molecule has 0 saturated carbocycles. The van der Waals surface area contributed by atoms with E-state index < -0.39 is 47.5 Å². The van der Waals surface area contributed by atoms with Gasteiger partial charge in [0.15, 0.2) is 0 Å². The summed E-state index contributed by atoms with van der Waals surface area (Å²) in [5.74, 6) is -1.55. The number of carbonyl (C=O) groups excluding carboxylic acids is 3. The normalized spacial score (nSPS) is 17.2. The summed E-state index contributed by atoms with van der Waals surface area (Å²) in [6.07, 6.45) is -1.50. The van der Waals surface area contributed by atoms with Gasteiger partial charge in [-0.25, -0.2) is 19.2 Å². The third kappa shape index (κ3) is 8.96. The summed E-state index contributed by atoms with van der Waals surface area (Å²) in [5, 5.41) is 15.0. The molecule has 1 heterocycles. The highest BCUT2D eigenvalue weighted by molar-refractivity contribution is 5.99. The first-order chi connectivity index (χ1) is 21.1. The standard InChI is InChI=1S/C33H42N4O8/c1-32(2,3)44-30(41)35-28(36-31(42)45-33(4,5)6)37-17-11-12-20(37)18-26(27(38)39)34-29(40)43-19-25-23-15-9-7-13-21(23)22-14-8-10-16-24(22)25/h7-10,13-16,20,25-26H,11-12,17-19H2,1-6H3,(H,34,40)(H,38,39)(H,35,36,41,42)/t20-,26?/m0/s1. The summed E-state index contributed by atoms with van der Waals surface area (Å²) in [6.45, 7) is 10.6. The molecule has 1 aliphatic heterocycles. The molecule has 4 rings (SSSR count). The number of hydrogen-bond donors (Lipinski definition) is 3. The van der Waals surface area contributed by atoms with Crippen LogP contribution in [0, 0.1) is 0 Å². The molecule has 45 heavy (non-hydrogen) atoms. The van der Waals surface area contributed by atoms with Gasteiger partial charge in [-0.15, -0.1) is 4.99 Å². The van der Waals surface area contributed by atoms with E-state index in [-0.39, 0.29) is 24.9 Å². The van der Waals surface area contributed by atoms with Gasteiger partial charge in [0.05, 0.1) is 0 Å². The second kappa shape index (κ2) is 13.6. The maximum atomic E-state index is 12.9. The van der Waals surface area contributed by atoms with Crippen molar-refractivity contribution in [2.24, 2.45) is 4.99 Å². The second-order valence-electron chi connectivity index (χ2n) is 13.1. The maximum absolute atomic E-state index is 12.9. The van der Waals surface area contributed by atoms with Crippen LogP contribution in [-0.2, 0) is 19.0 Å². The number of hydrogen-bond acceptors (Lipinski definition) is 7. The average Bonchev–Trinajstić information content (AvgIpc) is 3.51. The van der Waals surface area contributed by atoms with Crippen LogP contribution in [0.3, 0.4) is 0 Å². The molecule has 1 fully saturated rings. The summed E-state index contributed by atoms with van der Waals surface area (Å²) in [5.41, 5.74) is 2.59. The first kappa shape index (κ1) is 33.3. The molecule has 2 aliphatic rings. The number of aliphatic carboxylic acids is 1. The number of carboxylic acids is 1. The van der Waals surface area contributed by atoms with Crippen molar-refractivity contribution in [2.75, 3.05) is 13.2 Å². The Bertz CT molecular complexity index is 1410. The van der Waals surface area contributed by atoms with E-state index in [9.17, 15) is 24.3 Å². The second-order valence-corrected chi connectivity index (χ2v) is 13.1. The van der Waals surface area contributed by atoms with Crippen molar-refractivity contribution in [1.29, 1.82) is 0 Å². The first-order valence-electron chi connectivity index (χ1n) is 15.0. The number of amides is 3. The van der Waals surface area contributed by atoms with E-state index in [1.165, 1.54) is 0 Å². The average molecular weight is 623 g/mol. The number of rotatable bonds is 6. The zero-order valence-corrected chi connectivity index (χ0v) is 26.6. The molecular formula is C33H42N4O8. The van der Waals surface area contributed by atoms with Gasteiger partial charge in [-0.1, -0.05) is 48.5 Å². The SMILES string of the molecule is CC(C)(C)OC(=O)/N=C(/NC(=O)OC(C)(C)C)N1CCC[C@H]1CC(NC(=O)OCC1c2ccccc2-c2ccccc21)C(=O)O. The van der Waals surface area contributed by atoms with Crippen molar-refractivity contribution in [3.8, 4) is 11.1 Å². The van der Waals surface area contributed by atoms with Crippen molar-refractivity contribution in [3.05, 3.63) is 59.7 Å². The molecule has 0 aromatic heterocycles. The minimum Gasteiger partial charge on any atom is -0.480 e. The van der Waals surface area contributed by atoms with Gasteiger partial charge in [-0.2, -0.15) is 0 Å². The molecule has 12 nitrogen and oxygen atoms in total. The van der Waals surface area contributed by atoms with Crippen molar-refractivity contribution in [3.63, 3.8) is 0 Å². The topological polar surface area (TPSA) is 156 Å². The molecule has 1 saturated heterocycles. The molecule has 2 atom stereocenters. The molecular weight excluding hydrogens is 580 g/mol. The monoisotopic (exact) mass is 622 g/mol. The fraction of sp³-hybridized carbons (Fsp3) is 0.485. The minimum absolute atomic E-state index is 0.0360. The van der Waals surface area contributed by atoms with Crippen LogP contribution in [0.4, 0.5) is 14.4 Å². The molecule has 0 spiro atoms. The number of guanidine groups is 1. The summed E-state index contributed by atoms with van der Waals surface area (Å²) in [6, 6.07) is 14.0. The summed E-state index contributed by atoms with van der Waals surface area (Å²) in [7, 11) is 0. The summed E-state index contributed by atoms with van der Waals surface area (Å²) >= 11 is 0. The van der Waals surface area contributed by atoms with Gasteiger partial charge in [0.2, 0.25) is 5.96 Å². The van der Waals surface area contributed by atoms with Gasteiger partial charge >= 0.3 is 24.2 Å². The third-order valence-corrected chi connectivity index (χ3v) is 7.29. The Balaban J connectivity index is 1.45. The molecule has 1 aliphatic carbocycles. The Morgan fingerprint density at radius 1 is 0.911 bits per heavy atom. The number of aliphatic imine (C=N–C) groups is 1. The van der Waals surface area contributed by atoms with Crippen LogP contribution >= 0.6 is 0 Å². The predicted octanol–water partition coefficient (Wildman–Crippen LogP) is 5.65. The van der Waals surface area contributed by atoms with Crippen molar-refractivity contribution in [2.45, 2.75) is 90.0 Å². The van der Waals surface area contributed by atoms with E-state index in [0.29, 0.717) is 19.4 Å². The molecule has 2 aromatic carbocycles. The number of likely N-dealkylation sites (tertiary alicyclic amines) is 1. The third-order valence-electron chi connectivity index (χ3n) is 7.29. The maximum Gasteiger partial charge on any atom is 0.437 e. The molecule has 242 valence electrons. The Kier molecular flexibility index (Phi) is 10.0. The lowest BCUT2D eigenvalue weighted by Gasteiger charge is -2.30. The Labute approximate surface area is 263 Å². The number of ether oxygens (including phenoxy) is 3. The highest BCUT2D eigenvalue weighted by Gasteiger charge is 2.36. The van der Waals surface area contributed by atoms with Crippen molar-refractivity contribution >= 4 is 30.2 Å². The Morgan fingerprint density at radius 2 is 1.49 bits per heavy atom.